The Kier molecular flexibility index (Phi) is 6.29. The molecule has 0 spiro atoms. The molecule has 10 heavy (non-hydrogen) atoms. The molecule has 0 saturated carbocycles. The number of unbranched alkanes of at least 4 members (excludes halogenated alkanes) is 2. The highest BCUT2D eigenvalue weighted by Gasteiger charge is 1.85. The van der Waals surface area contributed by atoms with Gasteiger partial charge in [0.05, 0.1) is 0 Å². The van der Waals surface area contributed by atoms with E-state index < -0.39 is 0 Å². The summed E-state index contributed by atoms with van der Waals surface area (Å²) >= 11 is 0. The second-order valence-corrected chi connectivity index (χ2v) is 2.35. The van der Waals surface area contributed by atoms with Gasteiger partial charge in [-0.15, -0.1) is 0 Å². The molecule has 2 nitrogen and oxygen atoms in total. The van der Waals surface area contributed by atoms with Crippen molar-refractivity contribution in [3.05, 3.63) is 11.8 Å². The molecule has 0 aliphatic rings. The largest absolute Gasteiger partial charge is 0.402 e. The lowest BCUT2D eigenvalue weighted by Crippen LogP contribution is -1.94. The van der Waals surface area contributed by atoms with E-state index >= 15 is 0 Å². The van der Waals surface area contributed by atoms with Crippen LogP contribution in [-0.4, -0.2) is 11.7 Å². The maximum atomic E-state index is 8.44. The van der Waals surface area contributed by atoms with Crippen LogP contribution in [0.2, 0.25) is 0 Å². The van der Waals surface area contributed by atoms with Crippen molar-refractivity contribution in [2.45, 2.75) is 32.6 Å². The Morgan fingerprint density at radius 2 is 2.20 bits per heavy atom. The number of aliphatic hydroxyl groups is 1. The molecule has 0 radical (unpaired) electrons. The Balaban J connectivity index is 3.16. The summed E-state index contributed by atoms with van der Waals surface area (Å²) in [4.78, 5) is 0. The lowest BCUT2D eigenvalue weighted by Gasteiger charge is -1.95. The monoisotopic (exact) mass is 143 g/mol. The second-order valence-electron chi connectivity index (χ2n) is 2.35. The first-order valence-electron chi connectivity index (χ1n) is 3.86. The predicted octanol–water partition coefficient (Wildman–Crippen LogP) is 1.40. The zero-order chi connectivity index (χ0) is 7.82. The van der Waals surface area contributed by atoms with Crippen molar-refractivity contribution in [3.8, 4) is 0 Å². The number of hydrogen-bond donors (Lipinski definition) is 2. The van der Waals surface area contributed by atoms with Gasteiger partial charge in [0, 0.05) is 12.3 Å². The van der Waals surface area contributed by atoms with E-state index in [1.54, 1.807) is 0 Å². The molecule has 0 atom stereocenters. The quantitative estimate of drug-likeness (QED) is 0.571. The lowest BCUT2D eigenvalue weighted by atomic mass is 10.2. The number of aliphatic hydroxyl groups excluding tert-OH is 1. The third kappa shape index (κ3) is 5.63. The highest BCUT2D eigenvalue weighted by atomic mass is 16.2. The average Bonchev–Trinajstić information content (AvgIpc) is 1.98. The minimum Gasteiger partial charge on any atom is -0.402 e. The van der Waals surface area contributed by atoms with Gasteiger partial charge in [0.2, 0.25) is 0 Å². The zero-order valence-electron chi connectivity index (χ0n) is 6.64. The van der Waals surface area contributed by atoms with Gasteiger partial charge in [-0.25, -0.2) is 0 Å². The topological polar surface area (TPSA) is 46.2 Å². The number of hydrogen-bond acceptors (Lipinski definition) is 2. The molecule has 3 N–H and O–H groups in total. The van der Waals surface area contributed by atoms with Crippen molar-refractivity contribution in [2.75, 3.05) is 6.61 Å². The van der Waals surface area contributed by atoms with Gasteiger partial charge in [0.1, 0.15) is 0 Å². The summed E-state index contributed by atoms with van der Waals surface area (Å²) in [7, 11) is 0. The summed E-state index contributed by atoms with van der Waals surface area (Å²) in [5.74, 6) is 0. The predicted molar refractivity (Wildman–Crippen MR) is 43.5 cm³/mol. The van der Waals surface area contributed by atoms with Gasteiger partial charge in [-0.2, -0.15) is 0 Å². The fraction of sp³-hybridized carbons (Fsp3) is 0.750. The van der Waals surface area contributed by atoms with Crippen molar-refractivity contribution in [3.63, 3.8) is 0 Å². The summed E-state index contributed by atoms with van der Waals surface area (Å²) in [6.07, 6.45) is 5.89. The molecule has 0 heterocycles. The normalized spacial score (nSPS) is 12.0. The fourth-order valence-corrected chi connectivity index (χ4v) is 0.688. The van der Waals surface area contributed by atoms with E-state index in [0.717, 1.165) is 31.4 Å². The molecule has 0 fully saturated rings. The van der Waals surface area contributed by atoms with Gasteiger partial charge >= 0.3 is 0 Å². The molecule has 0 aliphatic heterocycles. The van der Waals surface area contributed by atoms with Crippen LogP contribution in [0.15, 0.2) is 11.8 Å². The van der Waals surface area contributed by atoms with E-state index in [9.17, 15) is 0 Å². The van der Waals surface area contributed by atoms with Gasteiger partial charge in [0.25, 0.3) is 0 Å². The summed E-state index contributed by atoms with van der Waals surface area (Å²) in [6, 6.07) is 0. The molecule has 60 valence electrons. The van der Waals surface area contributed by atoms with E-state index in [0.29, 0.717) is 6.61 Å². The lowest BCUT2D eigenvalue weighted by molar-refractivity contribution is 0.285. The number of allylic oxidation sites excluding steroid dienone is 2. The molecule has 0 aliphatic carbocycles. The fourth-order valence-electron chi connectivity index (χ4n) is 0.688. The van der Waals surface area contributed by atoms with Crippen molar-refractivity contribution in [1.29, 1.82) is 0 Å². The van der Waals surface area contributed by atoms with Crippen molar-refractivity contribution in [1.82, 2.24) is 0 Å². The first kappa shape index (κ1) is 9.50. The zero-order valence-corrected chi connectivity index (χ0v) is 6.64. The van der Waals surface area contributed by atoms with E-state index in [2.05, 4.69) is 0 Å². The molecule has 0 aromatic heterocycles. The SMILES string of the molecule is CC/C(N)=C/CCCCO. The van der Waals surface area contributed by atoms with Gasteiger partial charge < -0.3 is 10.8 Å². The number of rotatable bonds is 5. The van der Waals surface area contributed by atoms with E-state index in [1.165, 1.54) is 0 Å². The molecule has 0 bridgehead atoms. The van der Waals surface area contributed by atoms with Crippen LogP contribution >= 0.6 is 0 Å². The van der Waals surface area contributed by atoms with Gasteiger partial charge in [0.15, 0.2) is 0 Å². The minimum absolute atomic E-state index is 0.292. The first-order valence-corrected chi connectivity index (χ1v) is 3.86. The molecule has 0 saturated heterocycles. The van der Waals surface area contributed by atoms with Crippen LogP contribution in [0.3, 0.4) is 0 Å². The van der Waals surface area contributed by atoms with Crippen LogP contribution < -0.4 is 5.73 Å². The van der Waals surface area contributed by atoms with Gasteiger partial charge in [-0.3, -0.25) is 0 Å². The van der Waals surface area contributed by atoms with E-state index in [4.69, 9.17) is 10.8 Å². The van der Waals surface area contributed by atoms with Crippen LogP contribution in [0.5, 0.6) is 0 Å². The second kappa shape index (κ2) is 6.62. The molecule has 0 unspecified atom stereocenters. The van der Waals surface area contributed by atoms with Crippen molar-refractivity contribution in [2.24, 2.45) is 5.73 Å². The Morgan fingerprint density at radius 3 is 2.70 bits per heavy atom. The summed E-state index contributed by atoms with van der Waals surface area (Å²) in [5, 5.41) is 8.44. The maximum absolute atomic E-state index is 8.44. The van der Waals surface area contributed by atoms with Gasteiger partial charge in [-0.05, 0) is 25.7 Å². The van der Waals surface area contributed by atoms with Crippen LogP contribution in [0.4, 0.5) is 0 Å². The van der Waals surface area contributed by atoms with Gasteiger partial charge in [-0.1, -0.05) is 13.0 Å². The summed E-state index contributed by atoms with van der Waals surface area (Å²) < 4.78 is 0. The molecule has 0 rings (SSSR count). The average molecular weight is 143 g/mol. The van der Waals surface area contributed by atoms with E-state index in [-0.39, 0.29) is 0 Å². The van der Waals surface area contributed by atoms with Crippen LogP contribution in [0.25, 0.3) is 0 Å². The number of nitrogens with two attached hydrogens (primary N) is 1. The molecular weight excluding hydrogens is 126 g/mol. The smallest absolute Gasteiger partial charge is 0.0431 e. The van der Waals surface area contributed by atoms with Crippen LogP contribution in [0, 0.1) is 0 Å². The van der Waals surface area contributed by atoms with Crippen molar-refractivity contribution >= 4 is 0 Å². The van der Waals surface area contributed by atoms with Crippen molar-refractivity contribution < 1.29 is 5.11 Å². The highest BCUT2D eigenvalue weighted by molar-refractivity contribution is 4.94. The first-order chi connectivity index (χ1) is 4.81. The Labute approximate surface area is 62.7 Å². The van der Waals surface area contributed by atoms with E-state index in [1.807, 2.05) is 13.0 Å². The highest BCUT2D eigenvalue weighted by Crippen LogP contribution is 1.99. The standard InChI is InChI=1S/C8H17NO/c1-2-8(9)6-4-3-5-7-10/h6,10H,2-5,7,9H2,1H3/b8-6-. The van der Waals surface area contributed by atoms with Crippen LogP contribution in [0.1, 0.15) is 32.6 Å². The molecule has 0 aromatic carbocycles. The van der Waals surface area contributed by atoms with Crippen LogP contribution in [-0.2, 0) is 0 Å². The Bertz CT molecular complexity index is 99.4. The third-order valence-corrected chi connectivity index (χ3v) is 1.43. The minimum atomic E-state index is 0.292. The molecule has 2 heteroatoms. The molecule has 0 aromatic rings. The molecular formula is C8H17NO. The summed E-state index contributed by atoms with van der Waals surface area (Å²) in [5.41, 5.74) is 6.51. The molecule has 0 amide bonds. The maximum Gasteiger partial charge on any atom is 0.0431 e. The third-order valence-electron chi connectivity index (χ3n) is 1.43. The summed E-state index contributed by atoms with van der Waals surface area (Å²) in [6.45, 7) is 2.33. The Morgan fingerprint density at radius 1 is 1.50 bits per heavy atom. The Hall–Kier alpha value is -0.500.